The van der Waals surface area contributed by atoms with Crippen molar-refractivity contribution in [3.8, 4) is 0 Å². The van der Waals surface area contributed by atoms with Crippen LogP contribution in [0.15, 0.2) is 48.5 Å². The Balaban J connectivity index is 1.59. The second-order valence-corrected chi connectivity index (χ2v) is 7.73. The Hall–Kier alpha value is -2.40. The topological polar surface area (TPSA) is 50.4 Å². The fourth-order valence-corrected chi connectivity index (χ4v) is 3.45. The normalized spacial score (nSPS) is 20.1. The van der Waals surface area contributed by atoms with Gasteiger partial charge in [0.15, 0.2) is 0 Å². The molecule has 27 heavy (non-hydrogen) atoms. The van der Waals surface area contributed by atoms with Gasteiger partial charge in [0.25, 0.3) is 0 Å². The van der Waals surface area contributed by atoms with Gasteiger partial charge in [-0.15, -0.1) is 0 Å². The standard InChI is InChI=1S/C22H27FN2O2/c1-15-5-4-6-17(13-15)22(2,3)25-21(26)24-19-11-12-27-20(14-19)16-7-9-18(23)10-8-16/h4-10,13,19-20H,11-12,14H2,1-3H3,(H2,24,25,26). The molecule has 2 N–H and O–H groups in total. The summed E-state index contributed by atoms with van der Waals surface area (Å²) in [7, 11) is 0. The van der Waals surface area contributed by atoms with Gasteiger partial charge in [-0.2, -0.15) is 0 Å². The second kappa shape index (κ2) is 8.09. The molecule has 5 heteroatoms. The smallest absolute Gasteiger partial charge is 0.315 e. The van der Waals surface area contributed by atoms with Crippen LogP contribution in [0.1, 0.15) is 49.5 Å². The van der Waals surface area contributed by atoms with Crippen molar-refractivity contribution >= 4 is 6.03 Å². The van der Waals surface area contributed by atoms with E-state index in [2.05, 4.69) is 16.7 Å². The molecule has 1 saturated heterocycles. The van der Waals surface area contributed by atoms with Crippen molar-refractivity contribution in [2.24, 2.45) is 0 Å². The van der Waals surface area contributed by atoms with Gasteiger partial charge in [0.1, 0.15) is 5.82 Å². The lowest BCUT2D eigenvalue weighted by Crippen LogP contribution is -2.50. The first kappa shape index (κ1) is 19.4. The zero-order valence-electron chi connectivity index (χ0n) is 16.1. The summed E-state index contributed by atoms with van der Waals surface area (Å²) in [4.78, 5) is 12.6. The van der Waals surface area contributed by atoms with E-state index in [1.807, 2.05) is 39.0 Å². The van der Waals surface area contributed by atoms with Crippen LogP contribution in [-0.2, 0) is 10.3 Å². The average molecular weight is 370 g/mol. The third-order valence-corrected chi connectivity index (χ3v) is 5.03. The van der Waals surface area contributed by atoms with E-state index in [1.54, 1.807) is 12.1 Å². The summed E-state index contributed by atoms with van der Waals surface area (Å²) in [6.45, 7) is 6.59. The minimum absolute atomic E-state index is 0.0158. The number of benzene rings is 2. The molecule has 4 nitrogen and oxygen atoms in total. The van der Waals surface area contributed by atoms with Gasteiger partial charge in [0.2, 0.25) is 0 Å². The molecule has 1 heterocycles. The van der Waals surface area contributed by atoms with Gasteiger partial charge in [0, 0.05) is 12.6 Å². The fourth-order valence-electron chi connectivity index (χ4n) is 3.45. The van der Waals surface area contributed by atoms with Crippen molar-refractivity contribution in [1.29, 1.82) is 0 Å². The number of urea groups is 1. The van der Waals surface area contributed by atoms with Crippen LogP contribution in [0.5, 0.6) is 0 Å². The van der Waals surface area contributed by atoms with Crippen LogP contribution in [-0.4, -0.2) is 18.7 Å². The molecule has 2 aromatic carbocycles. The van der Waals surface area contributed by atoms with Gasteiger partial charge in [-0.1, -0.05) is 42.0 Å². The van der Waals surface area contributed by atoms with Crippen molar-refractivity contribution in [3.63, 3.8) is 0 Å². The fraction of sp³-hybridized carbons (Fsp3) is 0.409. The molecule has 0 spiro atoms. The van der Waals surface area contributed by atoms with Crippen molar-refractivity contribution in [1.82, 2.24) is 10.6 Å². The highest BCUT2D eigenvalue weighted by Gasteiger charge is 2.28. The lowest BCUT2D eigenvalue weighted by molar-refractivity contribution is 0.00210. The summed E-state index contributed by atoms with van der Waals surface area (Å²) < 4.78 is 18.9. The van der Waals surface area contributed by atoms with E-state index in [9.17, 15) is 9.18 Å². The molecule has 2 unspecified atom stereocenters. The molecular formula is C22H27FN2O2. The first-order chi connectivity index (χ1) is 12.8. The summed E-state index contributed by atoms with van der Waals surface area (Å²) >= 11 is 0. The molecule has 2 amide bonds. The van der Waals surface area contributed by atoms with Gasteiger partial charge >= 0.3 is 6.03 Å². The maximum atomic E-state index is 13.1. The minimum atomic E-state index is -0.475. The lowest BCUT2D eigenvalue weighted by atomic mass is 9.93. The van der Waals surface area contributed by atoms with Crippen LogP contribution < -0.4 is 10.6 Å². The van der Waals surface area contributed by atoms with Crippen molar-refractivity contribution in [2.45, 2.75) is 51.3 Å². The molecule has 3 rings (SSSR count). The number of nitrogens with one attached hydrogen (secondary N) is 2. The third kappa shape index (κ3) is 5.07. The molecule has 0 radical (unpaired) electrons. The highest BCUT2D eigenvalue weighted by Crippen LogP contribution is 2.28. The van der Waals surface area contributed by atoms with Crippen molar-refractivity contribution < 1.29 is 13.9 Å². The van der Waals surface area contributed by atoms with E-state index >= 15 is 0 Å². The molecule has 1 fully saturated rings. The SMILES string of the molecule is Cc1cccc(C(C)(C)NC(=O)NC2CCOC(c3ccc(F)cc3)C2)c1. The molecule has 144 valence electrons. The first-order valence-corrected chi connectivity index (χ1v) is 9.36. The largest absolute Gasteiger partial charge is 0.373 e. The summed E-state index contributed by atoms with van der Waals surface area (Å²) in [6.07, 6.45) is 1.30. The average Bonchev–Trinajstić information content (AvgIpc) is 2.62. The first-order valence-electron chi connectivity index (χ1n) is 9.36. The van der Waals surface area contributed by atoms with E-state index < -0.39 is 5.54 Å². The number of hydrogen-bond donors (Lipinski definition) is 2. The number of ether oxygens (including phenoxy) is 1. The van der Waals surface area contributed by atoms with Crippen molar-refractivity contribution in [2.75, 3.05) is 6.61 Å². The Kier molecular flexibility index (Phi) is 5.80. The van der Waals surface area contributed by atoms with Gasteiger partial charge in [-0.05, 0) is 56.9 Å². The van der Waals surface area contributed by atoms with Gasteiger partial charge in [0.05, 0.1) is 11.6 Å². The number of carbonyl (C=O) groups excluding carboxylic acids is 1. The summed E-state index contributed by atoms with van der Waals surface area (Å²) in [5.41, 5.74) is 2.68. The Bertz CT molecular complexity index is 789. The second-order valence-electron chi connectivity index (χ2n) is 7.73. The Morgan fingerprint density at radius 2 is 1.93 bits per heavy atom. The van der Waals surface area contributed by atoms with Crippen LogP contribution in [0.2, 0.25) is 0 Å². The summed E-state index contributed by atoms with van der Waals surface area (Å²) in [6, 6.07) is 14.3. The Labute approximate surface area is 160 Å². The molecule has 1 aliphatic heterocycles. The Morgan fingerprint density at radius 3 is 2.63 bits per heavy atom. The van der Waals surface area contributed by atoms with E-state index in [4.69, 9.17) is 4.74 Å². The molecule has 2 aromatic rings. The van der Waals surface area contributed by atoms with Gasteiger partial charge < -0.3 is 15.4 Å². The predicted molar refractivity (Wildman–Crippen MR) is 104 cm³/mol. The van der Waals surface area contributed by atoms with E-state index in [-0.39, 0.29) is 24.0 Å². The molecule has 0 aliphatic carbocycles. The maximum absolute atomic E-state index is 13.1. The highest BCUT2D eigenvalue weighted by atomic mass is 19.1. The molecule has 1 aliphatic rings. The number of amides is 2. The maximum Gasteiger partial charge on any atom is 0.315 e. The highest BCUT2D eigenvalue weighted by molar-refractivity contribution is 5.75. The van der Waals surface area contributed by atoms with Crippen LogP contribution in [0.25, 0.3) is 0 Å². The van der Waals surface area contributed by atoms with Crippen LogP contribution in [0, 0.1) is 12.7 Å². The predicted octanol–water partition coefficient (Wildman–Crippen LogP) is 4.59. The molecule has 2 atom stereocenters. The molecule has 0 bridgehead atoms. The van der Waals surface area contributed by atoms with Crippen LogP contribution >= 0.6 is 0 Å². The van der Waals surface area contributed by atoms with Crippen molar-refractivity contribution in [3.05, 3.63) is 71.0 Å². The zero-order chi connectivity index (χ0) is 19.4. The molecular weight excluding hydrogens is 343 g/mol. The van der Waals surface area contributed by atoms with Crippen LogP contribution in [0.3, 0.4) is 0 Å². The van der Waals surface area contributed by atoms with E-state index in [1.165, 1.54) is 12.1 Å². The number of rotatable bonds is 4. The summed E-state index contributed by atoms with van der Waals surface area (Å²) in [5, 5.41) is 6.14. The quantitative estimate of drug-likeness (QED) is 0.827. The Morgan fingerprint density at radius 1 is 1.19 bits per heavy atom. The number of halogens is 1. The van der Waals surface area contributed by atoms with E-state index in [0.29, 0.717) is 13.0 Å². The third-order valence-electron chi connectivity index (χ3n) is 5.03. The zero-order valence-corrected chi connectivity index (χ0v) is 16.1. The molecule has 0 aromatic heterocycles. The van der Waals surface area contributed by atoms with E-state index in [0.717, 1.165) is 23.1 Å². The molecule has 0 saturated carbocycles. The monoisotopic (exact) mass is 370 g/mol. The van der Waals surface area contributed by atoms with Gasteiger partial charge in [-0.25, -0.2) is 9.18 Å². The van der Waals surface area contributed by atoms with Gasteiger partial charge in [-0.3, -0.25) is 0 Å². The number of hydrogen-bond acceptors (Lipinski definition) is 2. The minimum Gasteiger partial charge on any atom is -0.373 e. The number of aryl methyl sites for hydroxylation is 1. The number of carbonyl (C=O) groups is 1. The van der Waals surface area contributed by atoms with Crippen LogP contribution in [0.4, 0.5) is 9.18 Å². The lowest BCUT2D eigenvalue weighted by Gasteiger charge is -2.32. The summed E-state index contributed by atoms with van der Waals surface area (Å²) in [5.74, 6) is -0.262.